The summed E-state index contributed by atoms with van der Waals surface area (Å²) in [5.41, 5.74) is -5.69. The number of Topliss-reactive ketones (excluding diaryl/α,β-unsaturated/α-hetero) is 1. The van der Waals surface area contributed by atoms with Crippen molar-refractivity contribution in [2.24, 2.45) is 28.6 Å². The number of aliphatic hydroxyl groups is 8. The van der Waals surface area contributed by atoms with Gasteiger partial charge in [-0.3, -0.25) is 9.59 Å². The van der Waals surface area contributed by atoms with Crippen LogP contribution in [0.2, 0.25) is 0 Å². The molecule has 1 heterocycles. The predicted molar refractivity (Wildman–Crippen MR) is 219 cm³/mol. The first-order chi connectivity index (χ1) is 29.6. The van der Waals surface area contributed by atoms with Gasteiger partial charge in [0.15, 0.2) is 18.2 Å². The molecule has 65 heavy (non-hydrogen) atoms. The van der Waals surface area contributed by atoms with Gasteiger partial charge < -0.3 is 65.1 Å². The van der Waals surface area contributed by atoms with Gasteiger partial charge in [0, 0.05) is 111 Å². The molecular weight excluding hydrogens is 1280 g/mol. The number of carbonyl (C=O) groups is 4. The van der Waals surface area contributed by atoms with Crippen LogP contribution in [0.3, 0.4) is 0 Å². The zero-order valence-corrected chi connectivity index (χ0v) is 46.5. The summed E-state index contributed by atoms with van der Waals surface area (Å²) in [4.78, 5) is 56.0. The van der Waals surface area contributed by atoms with Crippen LogP contribution in [0.25, 0.3) is 0 Å². The number of esters is 2. The molecule has 1 amide bonds. The van der Waals surface area contributed by atoms with Gasteiger partial charge in [-0.15, -0.1) is 0 Å². The summed E-state index contributed by atoms with van der Waals surface area (Å²) in [6.45, 7) is 6.47. The predicted octanol–water partition coefficient (Wildman–Crippen LogP) is 0.383. The molecule has 0 spiro atoms. The molecule has 0 aromatic heterocycles. The molecule has 7 rings (SSSR count). The number of hydrogen-bond acceptors (Lipinski definition) is 16. The summed E-state index contributed by atoms with van der Waals surface area (Å²) in [5.74, 6) is -6.16. The van der Waals surface area contributed by atoms with Crippen LogP contribution in [0.1, 0.15) is 82.3 Å². The molecule has 3 saturated carbocycles. The molecule has 4 aliphatic carbocycles. The Labute approximate surface area is 448 Å². The standard InChI is InChI=1S/C46H59NO16.2Ac/c1-22-27(61-41(57)35(52)32(24-12-8-6-9-13-24)47-40(56)25-14-10-7-11-15-25)19-46(59)23(2)38-44(5,39(55)34(51)31(22)43(46,3)4)29(18-26-16-17-45(26,38)58)63-30(49)21-60-42-37(54)36(53)33(50)28(20-48)62-42;;/h6-15,23,26-29,32-38,42,48,50-54,58-59H,16-21H2,1-5H3,(H,47,56);;/t23-,26+,27?,28?,29?,32?,33?,34?,35?,36?,37?,38?,42?,44+,45-,46?;;/m0../s1. The van der Waals surface area contributed by atoms with Crippen LogP contribution < -0.4 is 5.32 Å². The van der Waals surface area contributed by atoms with Gasteiger partial charge in [-0.25, -0.2) is 9.59 Å². The van der Waals surface area contributed by atoms with Crippen molar-refractivity contribution in [3.63, 3.8) is 0 Å². The summed E-state index contributed by atoms with van der Waals surface area (Å²) in [6.07, 6.45) is -14.2. The quantitative estimate of drug-likeness (QED) is 0.109. The molecule has 16 atom stereocenters. The van der Waals surface area contributed by atoms with Crippen LogP contribution in [-0.4, -0.2) is 144 Å². The number of nitrogens with one attached hydrogen (secondary N) is 1. The fraction of sp³-hybridized carbons (Fsp3) is 0.609. The number of benzene rings is 2. The molecule has 5 aliphatic rings. The molecule has 2 aromatic rings. The van der Waals surface area contributed by atoms with Crippen LogP contribution in [-0.2, 0) is 33.3 Å². The van der Waals surface area contributed by atoms with E-state index in [-0.39, 0.29) is 124 Å². The second-order valence-corrected chi connectivity index (χ2v) is 18.7. The van der Waals surface area contributed by atoms with E-state index in [0.717, 1.165) is 0 Å². The van der Waals surface area contributed by atoms with E-state index in [1.54, 1.807) is 88.4 Å². The van der Waals surface area contributed by atoms with E-state index >= 15 is 4.79 Å². The molecule has 19 heteroatoms. The molecule has 9 N–H and O–H groups in total. The molecule has 2 bridgehead atoms. The van der Waals surface area contributed by atoms with Gasteiger partial charge in [-0.05, 0) is 73.8 Å². The summed E-state index contributed by atoms with van der Waals surface area (Å²) in [5, 5.41) is 92.6. The van der Waals surface area contributed by atoms with E-state index in [1.807, 2.05) is 0 Å². The molecule has 1 saturated heterocycles. The molecule has 1 aliphatic heterocycles. The third-order valence-corrected chi connectivity index (χ3v) is 15.2. The third-order valence-electron chi connectivity index (χ3n) is 15.2. The first kappa shape index (κ1) is 54.7. The first-order valence-corrected chi connectivity index (χ1v) is 21.4. The number of rotatable bonds is 11. The minimum Gasteiger partial charge on any atom is -0.460 e. The number of hydrogen-bond donors (Lipinski definition) is 9. The fourth-order valence-electron chi connectivity index (χ4n) is 11.5. The van der Waals surface area contributed by atoms with Crippen molar-refractivity contribution in [1.82, 2.24) is 5.32 Å². The van der Waals surface area contributed by atoms with Gasteiger partial charge in [-0.1, -0.05) is 69.3 Å². The number of aliphatic hydroxyl groups excluding tert-OH is 6. The third kappa shape index (κ3) is 9.54. The second kappa shape index (κ2) is 21.0. The fourth-order valence-corrected chi connectivity index (χ4v) is 11.5. The Balaban J connectivity index is 0.00000397. The Morgan fingerprint density at radius 2 is 1.52 bits per heavy atom. The van der Waals surface area contributed by atoms with E-state index in [4.69, 9.17) is 18.9 Å². The van der Waals surface area contributed by atoms with Crippen LogP contribution in [0.5, 0.6) is 0 Å². The van der Waals surface area contributed by atoms with Gasteiger partial charge in [0.1, 0.15) is 49.3 Å². The van der Waals surface area contributed by atoms with Crippen molar-refractivity contribution < 1.29 is 167 Å². The van der Waals surface area contributed by atoms with Crippen LogP contribution in [0, 0.1) is 117 Å². The maximum Gasteiger partial charge on any atom is 0.338 e. The molecule has 350 valence electrons. The average Bonchev–Trinajstić information content (AvgIpc) is 3.26. The Hall–Kier alpha value is -1.26. The Morgan fingerprint density at radius 3 is 2.11 bits per heavy atom. The minimum atomic E-state index is -1.97. The molecule has 2 radical (unpaired) electrons. The smallest absolute Gasteiger partial charge is 0.338 e. The van der Waals surface area contributed by atoms with Gasteiger partial charge >= 0.3 is 11.9 Å². The van der Waals surface area contributed by atoms with Crippen molar-refractivity contribution in [2.45, 2.75) is 133 Å². The number of amides is 1. The van der Waals surface area contributed by atoms with Crippen LogP contribution in [0.15, 0.2) is 71.8 Å². The van der Waals surface area contributed by atoms with E-state index in [0.29, 0.717) is 12.0 Å². The van der Waals surface area contributed by atoms with Crippen molar-refractivity contribution in [3.05, 3.63) is 82.9 Å². The average molecular weight is 1340 g/mol. The van der Waals surface area contributed by atoms with Gasteiger partial charge in [-0.2, -0.15) is 0 Å². The Bertz CT molecular complexity index is 2090. The van der Waals surface area contributed by atoms with E-state index in [1.165, 1.54) is 6.92 Å². The molecule has 12 unspecified atom stereocenters. The summed E-state index contributed by atoms with van der Waals surface area (Å²) in [6, 6.07) is 15.3. The SMILES string of the molecule is CC1=C2C(O)C(=O)[C@]3(C)C(OC(=O)COC4OC(CO)C(O)C(O)C4O)C[C@H]4CC[C@@]4(O)C3[C@H](C)C(O)(CC1OC(=O)C(O)C(NC(=O)c1ccccc1)c1ccccc1)C2(C)C.[Ac].[Ac]. The van der Waals surface area contributed by atoms with Crippen molar-refractivity contribution in [1.29, 1.82) is 0 Å². The van der Waals surface area contributed by atoms with Crippen LogP contribution in [0.4, 0.5) is 0 Å². The summed E-state index contributed by atoms with van der Waals surface area (Å²) >= 11 is 0. The first-order valence-electron chi connectivity index (χ1n) is 21.4. The monoisotopic (exact) mass is 1340 g/mol. The maximum absolute atomic E-state index is 15.1. The normalized spacial score (nSPS) is 38.0. The van der Waals surface area contributed by atoms with Gasteiger partial charge in [0.05, 0.1) is 29.3 Å². The van der Waals surface area contributed by atoms with Crippen molar-refractivity contribution in [2.75, 3.05) is 13.2 Å². The van der Waals surface area contributed by atoms with E-state index in [9.17, 15) is 55.2 Å². The topological polar surface area (TPSA) is 279 Å². The molecule has 4 fully saturated rings. The van der Waals surface area contributed by atoms with Crippen molar-refractivity contribution in [3.8, 4) is 0 Å². The van der Waals surface area contributed by atoms with Gasteiger partial charge in [0.2, 0.25) is 0 Å². The van der Waals surface area contributed by atoms with Crippen molar-refractivity contribution >= 4 is 23.6 Å². The minimum absolute atomic E-state index is 0. The number of fused-ring (bicyclic) bond motifs is 5. The summed E-state index contributed by atoms with van der Waals surface area (Å²) < 4.78 is 22.8. The zero-order valence-electron chi connectivity index (χ0n) is 37.0. The largest absolute Gasteiger partial charge is 0.460 e. The molecular formula is C46H59Ac2NO16. The van der Waals surface area contributed by atoms with Gasteiger partial charge in [0.25, 0.3) is 5.91 Å². The number of carbonyl (C=O) groups excluding carboxylic acids is 4. The molecule has 2 aromatic carbocycles. The maximum atomic E-state index is 15.1. The number of ether oxygens (including phenoxy) is 4. The Kier molecular flexibility index (Phi) is 17.7. The molecule has 17 nitrogen and oxygen atoms in total. The number of ketones is 1. The Morgan fingerprint density at radius 1 is 0.908 bits per heavy atom. The van der Waals surface area contributed by atoms with Crippen LogP contribution >= 0.6 is 0 Å². The second-order valence-electron chi connectivity index (χ2n) is 18.7. The summed E-state index contributed by atoms with van der Waals surface area (Å²) in [7, 11) is 0. The van der Waals surface area contributed by atoms with E-state index in [2.05, 4.69) is 5.32 Å². The zero-order chi connectivity index (χ0) is 46.0. The van der Waals surface area contributed by atoms with E-state index < -0.39 is 138 Å².